The average molecular weight is 245 g/mol. The lowest BCUT2D eigenvalue weighted by Crippen LogP contribution is -2.35. The Bertz CT molecular complexity index is 249. The molecule has 5 nitrogen and oxygen atoms in total. The quantitative estimate of drug-likeness (QED) is 0.757. The Morgan fingerprint density at radius 3 is 2.76 bits per heavy atom. The first kappa shape index (κ1) is 14.3. The number of hydrogen-bond acceptors (Lipinski definition) is 4. The minimum Gasteiger partial charge on any atom is -0.444 e. The van der Waals surface area contributed by atoms with Gasteiger partial charge in [-0.1, -0.05) is 0 Å². The summed E-state index contributed by atoms with van der Waals surface area (Å²) >= 11 is 0. The van der Waals surface area contributed by atoms with E-state index in [0.29, 0.717) is 25.7 Å². The topological polar surface area (TPSA) is 59.0 Å². The Kier molecular flexibility index (Phi) is 5.21. The Morgan fingerprint density at radius 1 is 1.47 bits per heavy atom. The number of carbonyl (C=O) groups is 1. The third kappa shape index (κ3) is 5.37. The summed E-state index contributed by atoms with van der Waals surface area (Å²) in [5, 5.41) is 8.60. The standard InChI is InChI=1S/C12H23NO4/c1-12(2,3)17-11(15)13-5-4-10(8-13)9-16-7-6-14/h10,14H,4-9H2,1-3H3. The van der Waals surface area contributed by atoms with E-state index in [0.717, 1.165) is 13.0 Å². The van der Waals surface area contributed by atoms with Crippen LogP contribution in [0.5, 0.6) is 0 Å². The van der Waals surface area contributed by atoms with Gasteiger partial charge in [-0.25, -0.2) is 4.79 Å². The molecule has 0 radical (unpaired) electrons. The maximum absolute atomic E-state index is 11.8. The van der Waals surface area contributed by atoms with Crippen LogP contribution in [-0.2, 0) is 9.47 Å². The fourth-order valence-electron chi connectivity index (χ4n) is 1.78. The molecule has 1 N–H and O–H groups in total. The molecule has 0 aliphatic carbocycles. The van der Waals surface area contributed by atoms with E-state index < -0.39 is 5.60 Å². The van der Waals surface area contributed by atoms with Crippen molar-refractivity contribution < 1.29 is 19.4 Å². The molecule has 1 atom stereocenters. The molecular formula is C12H23NO4. The van der Waals surface area contributed by atoms with Crippen LogP contribution in [0.15, 0.2) is 0 Å². The van der Waals surface area contributed by atoms with E-state index in [2.05, 4.69) is 0 Å². The van der Waals surface area contributed by atoms with Gasteiger partial charge in [0.1, 0.15) is 5.60 Å². The van der Waals surface area contributed by atoms with E-state index in [9.17, 15) is 4.79 Å². The molecule has 0 aromatic rings. The zero-order valence-electron chi connectivity index (χ0n) is 10.9. The van der Waals surface area contributed by atoms with Gasteiger partial charge in [-0.2, -0.15) is 0 Å². The van der Waals surface area contributed by atoms with Crippen LogP contribution in [0, 0.1) is 5.92 Å². The zero-order chi connectivity index (χ0) is 12.9. The van der Waals surface area contributed by atoms with Gasteiger partial charge in [0.2, 0.25) is 0 Å². The van der Waals surface area contributed by atoms with Crippen molar-refractivity contribution in [2.45, 2.75) is 32.8 Å². The first-order chi connectivity index (χ1) is 7.92. The highest BCUT2D eigenvalue weighted by Gasteiger charge is 2.29. The van der Waals surface area contributed by atoms with Crippen molar-refractivity contribution in [2.24, 2.45) is 5.92 Å². The third-order valence-corrected chi connectivity index (χ3v) is 2.53. The predicted molar refractivity (Wildman–Crippen MR) is 63.8 cm³/mol. The van der Waals surface area contributed by atoms with Crippen molar-refractivity contribution in [3.63, 3.8) is 0 Å². The Hall–Kier alpha value is -0.810. The molecule has 1 heterocycles. The Labute approximate surface area is 103 Å². The van der Waals surface area contributed by atoms with Crippen LogP contribution >= 0.6 is 0 Å². The van der Waals surface area contributed by atoms with E-state index >= 15 is 0 Å². The lowest BCUT2D eigenvalue weighted by Gasteiger charge is -2.24. The third-order valence-electron chi connectivity index (χ3n) is 2.53. The number of rotatable bonds is 4. The van der Waals surface area contributed by atoms with E-state index in [4.69, 9.17) is 14.6 Å². The normalized spacial score (nSPS) is 20.7. The van der Waals surface area contributed by atoms with Crippen molar-refractivity contribution >= 4 is 6.09 Å². The molecule has 1 fully saturated rings. The van der Waals surface area contributed by atoms with Crippen LogP contribution < -0.4 is 0 Å². The first-order valence-electron chi connectivity index (χ1n) is 6.09. The van der Waals surface area contributed by atoms with E-state index in [-0.39, 0.29) is 12.7 Å². The van der Waals surface area contributed by atoms with Gasteiger partial charge in [0.15, 0.2) is 0 Å². The molecule has 1 rings (SSSR count). The van der Waals surface area contributed by atoms with E-state index in [1.54, 1.807) is 4.90 Å². The number of aliphatic hydroxyl groups is 1. The summed E-state index contributed by atoms with van der Waals surface area (Å²) in [5.74, 6) is 0.356. The van der Waals surface area contributed by atoms with Crippen LogP contribution in [0.25, 0.3) is 0 Å². The summed E-state index contributed by atoms with van der Waals surface area (Å²) < 4.78 is 10.6. The van der Waals surface area contributed by atoms with Crippen LogP contribution in [0.4, 0.5) is 4.79 Å². The number of aliphatic hydroxyl groups excluding tert-OH is 1. The largest absolute Gasteiger partial charge is 0.444 e. The van der Waals surface area contributed by atoms with Gasteiger partial charge in [0.05, 0.1) is 19.8 Å². The van der Waals surface area contributed by atoms with Crippen LogP contribution in [0.2, 0.25) is 0 Å². The molecule has 1 unspecified atom stereocenters. The second kappa shape index (κ2) is 6.21. The van der Waals surface area contributed by atoms with Gasteiger partial charge in [-0.15, -0.1) is 0 Å². The van der Waals surface area contributed by atoms with E-state index in [1.807, 2.05) is 20.8 Å². The fourth-order valence-corrected chi connectivity index (χ4v) is 1.78. The van der Waals surface area contributed by atoms with Crippen molar-refractivity contribution in [1.82, 2.24) is 4.90 Å². The van der Waals surface area contributed by atoms with Crippen molar-refractivity contribution in [3.05, 3.63) is 0 Å². The molecule has 0 saturated carbocycles. The summed E-state index contributed by atoms with van der Waals surface area (Å²) in [5.41, 5.74) is -0.442. The van der Waals surface area contributed by atoms with Crippen molar-refractivity contribution in [2.75, 3.05) is 32.9 Å². The monoisotopic (exact) mass is 245 g/mol. The predicted octanol–water partition coefficient (Wildman–Crippen LogP) is 1.25. The van der Waals surface area contributed by atoms with Crippen molar-refractivity contribution in [3.8, 4) is 0 Å². The Morgan fingerprint density at radius 2 is 2.18 bits per heavy atom. The van der Waals surface area contributed by atoms with E-state index in [1.165, 1.54) is 0 Å². The highest BCUT2D eigenvalue weighted by Crippen LogP contribution is 2.19. The molecule has 1 aliphatic rings. The second-order valence-electron chi connectivity index (χ2n) is 5.38. The fraction of sp³-hybridized carbons (Fsp3) is 0.917. The maximum Gasteiger partial charge on any atom is 0.410 e. The summed E-state index contributed by atoms with van der Waals surface area (Å²) in [6.45, 7) is 8.00. The van der Waals surface area contributed by atoms with Gasteiger partial charge in [0, 0.05) is 19.0 Å². The number of ether oxygens (including phenoxy) is 2. The number of hydrogen-bond donors (Lipinski definition) is 1. The van der Waals surface area contributed by atoms with Crippen LogP contribution in [-0.4, -0.2) is 54.6 Å². The minimum atomic E-state index is -0.442. The summed E-state index contributed by atoms with van der Waals surface area (Å²) in [6, 6.07) is 0. The van der Waals surface area contributed by atoms with Crippen LogP contribution in [0.1, 0.15) is 27.2 Å². The minimum absolute atomic E-state index is 0.0441. The number of likely N-dealkylation sites (tertiary alicyclic amines) is 1. The number of carbonyl (C=O) groups excluding carboxylic acids is 1. The molecule has 17 heavy (non-hydrogen) atoms. The first-order valence-corrected chi connectivity index (χ1v) is 6.09. The van der Waals surface area contributed by atoms with Crippen molar-refractivity contribution in [1.29, 1.82) is 0 Å². The lowest BCUT2D eigenvalue weighted by atomic mass is 10.1. The molecular weight excluding hydrogens is 222 g/mol. The molecule has 0 aromatic heterocycles. The smallest absolute Gasteiger partial charge is 0.410 e. The molecule has 1 aliphatic heterocycles. The number of amides is 1. The molecule has 0 bridgehead atoms. The summed E-state index contributed by atoms with van der Waals surface area (Å²) in [7, 11) is 0. The highest BCUT2D eigenvalue weighted by molar-refractivity contribution is 5.68. The summed E-state index contributed by atoms with van der Waals surface area (Å²) in [4.78, 5) is 13.5. The van der Waals surface area contributed by atoms with Gasteiger partial charge in [-0.3, -0.25) is 0 Å². The van der Waals surface area contributed by atoms with Gasteiger partial charge >= 0.3 is 6.09 Å². The number of nitrogens with zero attached hydrogens (tertiary/aromatic N) is 1. The molecule has 1 saturated heterocycles. The molecule has 5 heteroatoms. The zero-order valence-corrected chi connectivity index (χ0v) is 10.9. The maximum atomic E-state index is 11.8. The van der Waals surface area contributed by atoms with Crippen LogP contribution in [0.3, 0.4) is 0 Å². The van der Waals surface area contributed by atoms with Gasteiger partial charge in [0.25, 0.3) is 0 Å². The summed E-state index contributed by atoms with van der Waals surface area (Å²) in [6.07, 6.45) is 0.687. The highest BCUT2D eigenvalue weighted by atomic mass is 16.6. The average Bonchev–Trinajstić information content (AvgIpc) is 2.64. The second-order valence-corrected chi connectivity index (χ2v) is 5.38. The molecule has 100 valence electrons. The Balaban J connectivity index is 2.27. The lowest BCUT2D eigenvalue weighted by molar-refractivity contribution is 0.0267. The molecule has 1 amide bonds. The SMILES string of the molecule is CC(C)(C)OC(=O)N1CCC(COCCO)C1. The molecule has 0 aromatic carbocycles. The molecule has 0 spiro atoms. The van der Waals surface area contributed by atoms with Gasteiger partial charge < -0.3 is 19.5 Å². The van der Waals surface area contributed by atoms with Gasteiger partial charge in [-0.05, 0) is 27.2 Å².